The Kier molecular flexibility index (Phi) is 4.60. The van der Waals surface area contributed by atoms with Crippen molar-refractivity contribution in [2.75, 3.05) is 6.79 Å². The number of aryl methyl sites for hydroxylation is 2. The van der Waals surface area contributed by atoms with Crippen LogP contribution < -0.4 is 19.5 Å². The van der Waals surface area contributed by atoms with Crippen molar-refractivity contribution in [2.24, 2.45) is 0 Å². The SMILES string of the molecule is Cc1ccc(C)c(O[C@H](C)C(=O)NCc2ccc3c(c2)OCO3)c1. The normalized spacial score (nSPS) is 13.5. The first kappa shape index (κ1) is 16.2. The first-order valence-electron chi connectivity index (χ1n) is 7.93. The minimum Gasteiger partial charge on any atom is -0.481 e. The van der Waals surface area contributed by atoms with Crippen LogP contribution in [0.15, 0.2) is 36.4 Å². The van der Waals surface area contributed by atoms with E-state index in [1.165, 1.54) is 0 Å². The highest BCUT2D eigenvalue weighted by Gasteiger charge is 2.17. The number of hydrogen-bond acceptors (Lipinski definition) is 4. The van der Waals surface area contributed by atoms with Crippen molar-refractivity contribution in [1.82, 2.24) is 5.32 Å². The zero-order chi connectivity index (χ0) is 17.1. The van der Waals surface area contributed by atoms with Crippen LogP contribution in [0.3, 0.4) is 0 Å². The van der Waals surface area contributed by atoms with Gasteiger partial charge >= 0.3 is 0 Å². The Morgan fingerprint density at radius 2 is 1.96 bits per heavy atom. The second-order valence-electron chi connectivity index (χ2n) is 5.93. The molecule has 2 aromatic carbocycles. The molecule has 2 aromatic rings. The summed E-state index contributed by atoms with van der Waals surface area (Å²) in [6.07, 6.45) is -0.570. The molecule has 5 nitrogen and oxygen atoms in total. The molecule has 0 radical (unpaired) electrons. The Hall–Kier alpha value is -2.69. The highest BCUT2D eigenvalue weighted by Crippen LogP contribution is 2.32. The molecule has 1 amide bonds. The average Bonchev–Trinajstić information content (AvgIpc) is 3.03. The van der Waals surface area contributed by atoms with E-state index in [2.05, 4.69) is 5.32 Å². The van der Waals surface area contributed by atoms with Crippen molar-refractivity contribution < 1.29 is 19.0 Å². The number of nitrogens with one attached hydrogen (secondary N) is 1. The van der Waals surface area contributed by atoms with E-state index in [-0.39, 0.29) is 12.7 Å². The maximum atomic E-state index is 12.3. The van der Waals surface area contributed by atoms with E-state index >= 15 is 0 Å². The molecule has 0 fully saturated rings. The molecule has 0 spiro atoms. The monoisotopic (exact) mass is 327 g/mol. The fraction of sp³-hybridized carbons (Fsp3) is 0.316. The molecule has 1 atom stereocenters. The molecule has 126 valence electrons. The highest BCUT2D eigenvalue weighted by atomic mass is 16.7. The predicted molar refractivity (Wildman–Crippen MR) is 90.4 cm³/mol. The van der Waals surface area contributed by atoms with E-state index in [1.54, 1.807) is 6.92 Å². The van der Waals surface area contributed by atoms with Gasteiger partial charge in [-0.1, -0.05) is 18.2 Å². The van der Waals surface area contributed by atoms with Crippen LogP contribution in [0.5, 0.6) is 17.2 Å². The van der Waals surface area contributed by atoms with E-state index in [0.29, 0.717) is 12.3 Å². The number of hydrogen-bond donors (Lipinski definition) is 1. The molecule has 0 aromatic heterocycles. The summed E-state index contributed by atoms with van der Waals surface area (Å²) in [6.45, 7) is 6.36. The number of fused-ring (bicyclic) bond motifs is 1. The first-order chi connectivity index (χ1) is 11.5. The topological polar surface area (TPSA) is 56.8 Å². The number of rotatable bonds is 5. The summed E-state index contributed by atoms with van der Waals surface area (Å²) >= 11 is 0. The molecule has 0 saturated carbocycles. The van der Waals surface area contributed by atoms with Gasteiger partial charge in [-0.15, -0.1) is 0 Å². The largest absolute Gasteiger partial charge is 0.481 e. The van der Waals surface area contributed by atoms with Crippen LogP contribution in [-0.4, -0.2) is 18.8 Å². The molecule has 0 aliphatic carbocycles. The lowest BCUT2D eigenvalue weighted by Gasteiger charge is -2.17. The van der Waals surface area contributed by atoms with Crippen LogP contribution in [0, 0.1) is 13.8 Å². The quantitative estimate of drug-likeness (QED) is 0.917. The van der Waals surface area contributed by atoms with E-state index in [0.717, 1.165) is 28.2 Å². The van der Waals surface area contributed by atoms with Crippen LogP contribution in [0.4, 0.5) is 0 Å². The maximum Gasteiger partial charge on any atom is 0.261 e. The molecule has 5 heteroatoms. The molecule has 1 aliphatic heterocycles. The maximum absolute atomic E-state index is 12.3. The Balaban J connectivity index is 1.57. The van der Waals surface area contributed by atoms with E-state index in [4.69, 9.17) is 14.2 Å². The van der Waals surface area contributed by atoms with Crippen LogP contribution in [-0.2, 0) is 11.3 Å². The third-order valence-corrected chi connectivity index (χ3v) is 3.92. The van der Waals surface area contributed by atoms with Crippen molar-refractivity contribution in [3.63, 3.8) is 0 Å². The molecule has 3 rings (SSSR count). The van der Waals surface area contributed by atoms with Gasteiger partial charge in [0.25, 0.3) is 5.91 Å². The van der Waals surface area contributed by atoms with Gasteiger partial charge in [-0.3, -0.25) is 4.79 Å². The molecule has 0 bridgehead atoms. The Morgan fingerprint density at radius 1 is 1.17 bits per heavy atom. The minimum absolute atomic E-state index is 0.159. The lowest BCUT2D eigenvalue weighted by atomic mass is 10.1. The van der Waals surface area contributed by atoms with Gasteiger partial charge in [0.2, 0.25) is 6.79 Å². The number of amides is 1. The van der Waals surface area contributed by atoms with Gasteiger partial charge in [0, 0.05) is 6.54 Å². The second-order valence-corrected chi connectivity index (χ2v) is 5.93. The van der Waals surface area contributed by atoms with Crippen molar-refractivity contribution in [3.8, 4) is 17.2 Å². The van der Waals surface area contributed by atoms with Gasteiger partial charge in [0.15, 0.2) is 17.6 Å². The van der Waals surface area contributed by atoms with Crippen LogP contribution in [0.1, 0.15) is 23.6 Å². The minimum atomic E-state index is -0.570. The molecule has 0 saturated heterocycles. The fourth-order valence-electron chi connectivity index (χ4n) is 2.46. The zero-order valence-electron chi connectivity index (χ0n) is 14.1. The summed E-state index contributed by atoms with van der Waals surface area (Å²) in [4.78, 5) is 12.3. The van der Waals surface area contributed by atoms with E-state index < -0.39 is 6.10 Å². The first-order valence-corrected chi connectivity index (χ1v) is 7.93. The lowest BCUT2D eigenvalue weighted by molar-refractivity contribution is -0.127. The summed E-state index contributed by atoms with van der Waals surface area (Å²) < 4.78 is 16.4. The predicted octanol–water partition coefficient (Wildman–Crippen LogP) is 3.12. The third-order valence-electron chi connectivity index (χ3n) is 3.92. The molecular formula is C19H21NO4. The molecule has 1 N–H and O–H groups in total. The number of carbonyl (C=O) groups excluding carboxylic acids is 1. The smallest absolute Gasteiger partial charge is 0.261 e. The van der Waals surface area contributed by atoms with Gasteiger partial charge in [-0.05, 0) is 55.7 Å². The second kappa shape index (κ2) is 6.83. The summed E-state index contributed by atoms with van der Waals surface area (Å²) in [7, 11) is 0. The standard InChI is InChI=1S/C19H21NO4/c1-12-4-5-13(2)17(8-12)24-14(3)19(21)20-10-15-6-7-16-18(9-15)23-11-22-16/h4-9,14H,10-11H2,1-3H3,(H,20,21)/t14-/m1/s1. The highest BCUT2D eigenvalue weighted by molar-refractivity contribution is 5.80. The van der Waals surface area contributed by atoms with Gasteiger partial charge in [-0.2, -0.15) is 0 Å². The van der Waals surface area contributed by atoms with Crippen LogP contribution in [0.2, 0.25) is 0 Å². The van der Waals surface area contributed by atoms with Crippen molar-refractivity contribution in [2.45, 2.75) is 33.4 Å². The number of ether oxygens (including phenoxy) is 3. The van der Waals surface area contributed by atoms with E-state index in [9.17, 15) is 4.79 Å². The molecule has 0 unspecified atom stereocenters. The number of benzene rings is 2. The van der Waals surface area contributed by atoms with E-state index in [1.807, 2.05) is 50.2 Å². The van der Waals surface area contributed by atoms with Crippen LogP contribution in [0.25, 0.3) is 0 Å². The van der Waals surface area contributed by atoms with Crippen LogP contribution >= 0.6 is 0 Å². The molecular weight excluding hydrogens is 306 g/mol. The molecule has 1 aliphatic rings. The Labute approximate surface area is 141 Å². The summed E-state index contributed by atoms with van der Waals surface area (Å²) in [5.74, 6) is 2.02. The fourth-order valence-corrected chi connectivity index (χ4v) is 2.46. The van der Waals surface area contributed by atoms with Gasteiger partial charge < -0.3 is 19.5 Å². The Morgan fingerprint density at radius 3 is 2.79 bits per heavy atom. The van der Waals surface area contributed by atoms with Gasteiger partial charge in [-0.25, -0.2) is 0 Å². The summed E-state index contributed by atoms with van der Waals surface area (Å²) in [5.41, 5.74) is 3.06. The zero-order valence-corrected chi connectivity index (χ0v) is 14.1. The van der Waals surface area contributed by atoms with Crippen molar-refractivity contribution >= 4 is 5.91 Å². The van der Waals surface area contributed by atoms with Crippen molar-refractivity contribution in [1.29, 1.82) is 0 Å². The molecule has 24 heavy (non-hydrogen) atoms. The summed E-state index contributed by atoms with van der Waals surface area (Å²) in [6, 6.07) is 11.6. The lowest BCUT2D eigenvalue weighted by Crippen LogP contribution is -2.36. The number of carbonyl (C=O) groups is 1. The third kappa shape index (κ3) is 3.62. The van der Waals surface area contributed by atoms with Crippen molar-refractivity contribution in [3.05, 3.63) is 53.1 Å². The Bertz CT molecular complexity index is 757. The molecule has 1 heterocycles. The van der Waals surface area contributed by atoms with Gasteiger partial charge in [0.1, 0.15) is 5.75 Å². The summed E-state index contributed by atoms with van der Waals surface area (Å²) in [5, 5.41) is 2.88. The average molecular weight is 327 g/mol. The van der Waals surface area contributed by atoms with Gasteiger partial charge in [0.05, 0.1) is 0 Å².